The highest BCUT2D eigenvalue weighted by Gasteiger charge is 2.40. The van der Waals surface area contributed by atoms with E-state index in [0.29, 0.717) is 45.9 Å². The zero-order valence-corrected chi connectivity index (χ0v) is 22.6. The second kappa shape index (κ2) is 11.5. The number of benzene rings is 2. The van der Waals surface area contributed by atoms with Gasteiger partial charge in [-0.05, 0) is 60.5 Å². The van der Waals surface area contributed by atoms with E-state index in [9.17, 15) is 22.8 Å². The van der Waals surface area contributed by atoms with Gasteiger partial charge in [0.05, 0.1) is 37.7 Å². The van der Waals surface area contributed by atoms with Gasteiger partial charge in [0, 0.05) is 18.7 Å². The number of nitrogens with zero attached hydrogens (tertiary/aromatic N) is 1. The van der Waals surface area contributed by atoms with E-state index < -0.39 is 27.1 Å². The lowest BCUT2D eigenvalue weighted by molar-refractivity contribution is -0.116. The molecule has 0 bridgehead atoms. The lowest BCUT2D eigenvalue weighted by atomic mass is 10.1. The van der Waals surface area contributed by atoms with Crippen molar-refractivity contribution in [2.75, 3.05) is 18.1 Å². The van der Waals surface area contributed by atoms with E-state index in [-0.39, 0.29) is 40.6 Å². The molecular formula is C24H23Cl2N3O6S2. The summed E-state index contributed by atoms with van der Waals surface area (Å²) in [4.78, 5) is 39.1. The van der Waals surface area contributed by atoms with E-state index in [4.69, 9.17) is 28.3 Å². The average molecular weight is 585 g/mol. The standard InChI is InChI=1S/C24H23Cl2N3O6S2/c25-17-7-5-14(11-18(17)26)13-29-19-8-6-15(37(34,35)27-9-3-1-2-4-10-30)12-16(19)20(23(29)32)21-22(31)28-24(33)36-21/h5-8,11-12,27,30H,1-4,9-10,13H2,(H,28,31,33)/b21-20-. The predicted octanol–water partition coefficient (Wildman–Crippen LogP) is 4.07. The Hall–Kier alpha value is -2.41. The van der Waals surface area contributed by atoms with Crippen LogP contribution in [0.1, 0.15) is 36.8 Å². The molecule has 196 valence electrons. The third-order valence-corrected chi connectivity index (χ3v) is 8.92. The maximum absolute atomic E-state index is 13.5. The molecule has 9 nitrogen and oxygen atoms in total. The number of hydrogen-bond acceptors (Lipinski definition) is 7. The number of carbonyl (C=O) groups excluding carboxylic acids is 3. The van der Waals surface area contributed by atoms with E-state index in [1.165, 1.54) is 23.1 Å². The normalized spacial score (nSPS) is 17.5. The summed E-state index contributed by atoms with van der Waals surface area (Å²) in [5.74, 6) is -1.25. The first kappa shape index (κ1) is 27.6. The van der Waals surface area contributed by atoms with Crippen molar-refractivity contribution in [2.45, 2.75) is 37.1 Å². The Morgan fingerprint density at radius 3 is 2.41 bits per heavy atom. The fourth-order valence-corrected chi connectivity index (χ4v) is 6.23. The Bertz CT molecular complexity index is 1410. The van der Waals surface area contributed by atoms with E-state index in [2.05, 4.69) is 10.0 Å². The molecule has 0 aliphatic carbocycles. The number of aliphatic hydroxyl groups excluding tert-OH is 1. The van der Waals surface area contributed by atoms with Crippen molar-refractivity contribution < 1.29 is 27.9 Å². The number of aliphatic hydroxyl groups is 1. The van der Waals surface area contributed by atoms with Crippen molar-refractivity contribution in [1.82, 2.24) is 10.0 Å². The van der Waals surface area contributed by atoms with Crippen LogP contribution in [0.3, 0.4) is 0 Å². The highest BCUT2D eigenvalue weighted by molar-refractivity contribution is 8.18. The van der Waals surface area contributed by atoms with Gasteiger partial charge in [-0.1, -0.05) is 42.1 Å². The average Bonchev–Trinajstić information content (AvgIpc) is 3.32. The lowest BCUT2D eigenvalue weighted by Crippen LogP contribution is -2.26. The van der Waals surface area contributed by atoms with Gasteiger partial charge in [-0.15, -0.1) is 0 Å². The molecule has 0 atom stereocenters. The van der Waals surface area contributed by atoms with Crippen LogP contribution in [-0.4, -0.2) is 43.7 Å². The van der Waals surface area contributed by atoms with Crippen molar-refractivity contribution in [1.29, 1.82) is 0 Å². The number of fused-ring (bicyclic) bond motifs is 1. The first-order valence-electron chi connectivity index (χ1n) is 11.4. The van der Waals surface area contributed by atoms with E-state index in [1.807, 2.05) is 0 Å². The van der Waals surface area contributed by atoms with Crippen LogP contribution >= 0.6 is 35.0 Å². The van der Waals surface area contributed by atoms with Crippen molar-refractivity contribution >= 4 is 73.3 Å². The van der Waals surface area contributed by atoms with Crippen molar-refractivity contribution in [3.05, 3.63) is 62.5 Å². The monoisotopic (exact) mass is 583 g/mol. The lowest BCUT2D eigenvalue weighted by Gasteiger charge is -2.18. The van der Waals surface area contributed by atoms with Gasteiger partial charge in [0.1, 0.15) is 0 Å². The quantitative estimate of drug-likeness (QED) is 0.283. The summed E-state index contributed by atoms with van der Waals surface area (Å²) < 4.78 is 28.5. The van der Waals surface area contributed by atoms with Gasteiger partial charge >= 0.3 is 0 Å². The fraction of sp³-hybridized carbons (Fsp3) is 0.292. The van der Waals surface area contributed by atoms with Crippen LogP contribution in [0, 0.1) is 0 Å². The van der Waals surface area contributed by atoms with Crippen molar-refractivity contribution in [3.63, 3.8) is 0 Å². The Morgan fingerprint density at radius 1 is 0.973 bits per heavy atom. The van der Waals surface area contributed by atoms with Crippen LogP contribution in [0.5, 0.6) is 0 Å². The van der Waals surface area contributed by atoms with Gasteiger partial charge in [-0.25, -0.2) is 13.1 Å². The molecule has 0 saturated carbocycles. The van der Waals surface area contributed by atoms with Crippen LogP contribution in [0.2, 0.25) is 10.0 Å². The van der Waals surface area contributed by atoms with E-state index in [1.54, 1.807) is 18.2 Å². The molecule has 2 heterocycles. The first-order chi connectivity index (χ1) is 17.6. The second-order valence-corrected chi connectivity index (χ2v) is 12.0. The molecule has 37 heavy (non-hydrogen) atoms. The maximum atomic E-state index is 13.5. The number of rotatable bonds is 10. The summed E-state index contributed by atoms with van der Waals surface area (Å²) in [6.07, 6.45) is 2.83. The molecule has 13 heteroatoms. The molecule has 1 saturated heterocycles. The van der Waals surface area contributed by atoms with Crippen molar-refractivity contribution in [3.8, 4) is 0 Å². The minimum absolute atomic E-state index is 0.0375. The highest BCUT2D eigenvalue weighted by atomic mass is 35.5. The summed E-state index contributed by atoms with van der Waals surface area (Å²) in [5.41, 5.74) is 1.26. The number of anilines is 1. The summed E-state index contributed by atoms with van der Waals surface area (Å²) in [6.45, 7) is 0.396. The number of sulfonamides is 1. The number of carbonyl (C=O) groups is 3. The first-order valence-corrected chi connectivity index (χ1v) is 14.5. The molecule has 2 aromatic rings. The number of imide groups is 1. The van der Waals surface area contributed by atoms with E-state index >= 15 is 0 Å². The van der Waals surface area contributed by atoms with Gasteiger partial charge in [-0.2, -0.15) is 0 Å². The van der Waals surface area contributed by atoms with E-state index in [0.717, 1.165) is 12.8 Å². The number of halogens is 2. The second-order valence-electron chi connectivity index (χ2n) is 8.40. The highest BCUT2D eigenvalue weighted by Crippen LogP contribution is 2.44. The minimum Gasteiger partial charge on any atom is -0.396 e. The number of thioether (sulfide) groups is 1. The topological polar surface area (TPSA) is 133 Å². The van der Waals surface area contributed by atoms with Gasteiger partial charge in [0.2, 0.25) is 10.0 Å². The number of nitrogens with one attached hydrogen (secondary N) is 2. The molecule has 0 aromatic heterocycles. The molecule has 4 rings (SSSR count). The van der Waals surface area contributed by atoms with Gasteiger partial charge < -0.3 is 10.0 Å². The Balaban J connectivity index is 1.68. The number of hydrogen-bond donors (Lipinski definition) is 3. The van der Waals surface area contributed by atoms with Crippen LogP contribution in [0.25, 0.3) is 5.57 Å². The molecule has 3 amide bonds. The SMILES string of the molecule is O=C1NC(=O)/C(=C2/C(=O)N(Cc3ccc(Cl)c(Cl)c3)c3ccc(S(=O)(=O)NCCCCCCO)cc32)S1. The summed E-state index contributed by atoms with van der Waals surface area (Å²) >= 11 is 12.7. The van der Waals surface area contributed by atoms with Crippen LogP contribution in [-0.2, 0) is 26.2 Å². The largest absolute Gasteiger partial charge is 0.396 e. The number of amides is 3. The van der Waals surface area contributed by atoms with Crippen LogP contribution < -0.4 is 14.9 Å². The molecule has 0 radical (unpaired) electrons. The molecule has 0 unspecified atom stereocenters. The predicted molar refractivity (Wildman–Crippen MR) is 143 cm³/mol. The van der Waals surface area contributed by atoms with Gasteiger partial charge in [0.15, 0.2) is 0 Å². The summed E-state index contributed by atoms with van der Waals surface area (Å²) in [5, 5.41) is 11.0. The smallest absolute Gasteiger partial charge is 0.290 e. The molecular weight excluding hydrogens is 561 g/mol. The fourth-order valence-electron chi connectivity index (χ4n) is 4.03. The molecule has 2 aliphatic rings. The third-order valence-electron chi connectivity index (χ3n) is 5.84. The molecule has 2 aromatic carbocycles. The zero-order chi connectivity index (χ0) is 26.7. The molecule has 3 N–H and O–H groups in total. The maximum Gasteiger partial charge on any atom is 0.290 e. The molecule has 1 fully saturated rings. The summed E-state index contributed by atoms with van der Waals surface area (Å²) in [6, 6.07) is 9.16. The van der Waals surface area contributed by atoms with Gasteiger partial charge in [-0.3, -0.25) is 19.7 Å². The van der Waals surface area contributed by atoms with Crippen molar-refractivity contribution in [2.24, 2.45) is 0 Å². The van der Waals surface area contributed by atoms with Crippen LogP contribution in [0.4, 0.5) is 10.5 Å². The third kappa shape index (κ3) is 6.02. The Labute approximate surface area is 228 Å². The minimum atomic E-state index is -3.91. The Kier molecular flexibility index (Phi) is 8.62. The Morgan fingerprint density at radius 2 is 1.73 bits per heavy atom. The molecule has 0 spiro atoms. The number of unbranched alkanes of at least 4 members (excludes halogenated alkanes) is 3. The molecule has 2 aliphatic heterocycles. The van der Waals surface area contributed by atoms with Gasteiger partial charge in [0.25, 0.3) is 17.1 Å². The summed E-state index contributed by atoms with van der Waals surface area (Å²) in [7, 11) is -3.91. The van der Waals surface area contributed by atoms with Crippen LogP contribution in [0.15, 0.2) is 46.2 Å². The zero-order valence-electron chi connectivity index (χ0n) is 19.4.